The Morgan fingerprint density at radius 1 is 0.958 bits per heavy atom. The maximum Gasteiger partial charge on any atom is 0.159 e. The van der Waals surface area contributed by atoms with E-state index in [9.17, 15) is 8.78 Å². The highest BCUT2D eigenvalue weighted by Gasteiger charge is 2.11. The van der Waals surface area contributed by atoms with Crippen molar-refractivity contribution in [2.75, 3.05) is 16.4 Å². The third-order valence-corrected chi connectivity index (χ3v) is 3.35. The van der Waals surface area contributed by atoms with Crippen LogP contribution in [0.1, 0.15) is 5.56 Å². The van der Waals surface area contributed by atoms with E-state index in [-0.39, 0.29) is 17.2 Å². The van der Waals surface area contributed by atoms with Crippen molar-refractivity contribution < 1.29 is 8.78 Å². The molecule has 0 amide bonds. The normalized spacial score (nSPS) is 10.5. The first-order valence-electron chi connectivity index (χ1n) is 7.19. The lowest BCUT2D eigenvalue weighted by atomic mass is 10.2. The second-order valence-corrected chi connectivity index (χ2v) is 5.23. The van der Waals surface area contributed by atoms with E-state index in [2.05, 4.69) is 20.6 Å². The molecule has 24 heavy (non-hydrogen) atoms. The molecule has 7 heteroatoms. The summed E-state index contributed by atoms with van der Waals surface area (Å²) in [6, 6.07) is 10.8. The monoisotopic (exact) mass is 327 g/mol. The van der Waals surface area contributed by atoms with Crippen LogP contribution in [0.15, 0.2) is 48.8 Å². The molecule has 0 aliphatic heterocycles. The summed E-state index contributed by atoms with van der Waals surface area (Å²) in [6.07, 6.45) is 1.29. The summed E-state index contributed by atoms with van der Waals surface area (Å²) in [6.45, 7) is 1.97. The Bertz CT molecular complexity index is 883. The highest BCUT2D eigenvalue weighted by molar-refractivity contribution is 5.80. The fourth-order valence-corrected chi connectivity index (χ4v) is 2.18. The number of anilines is 5. The molecule has 1 aromatic heterocycles. The number of rotatable bonds is 4. The molecule has 0 saturated carbocycles. The molecular formula is C17H15F2N5. The van der Waals surface area contributed by atoms with Crippen molar-refractivity contribution in [2.24, 2.45) is 0 Å². The Balaban J connectivity index is 1.89. The van der Waals surface area contributed by atoms with Crippen LogP contribution in [0.5, 0.6) is 0 Å². The Kier molecular flexibility index (Phi) is 4.24. The number of hydrogen-bond acceptors (Lipinski definition) is 5. The smallest absolute Gasteiger partial charge is 0.159 e. The average molecular weight is 327 g/mol. The van der Waals surface area contributed by atoms with Crippen molar-refractivity contribution in [3.8, 4) is 0 Å². The van der Waals surface area contributed by atoms with Gasteiger partial charge in [0.2, 0.25) is 0 Å². The third-order valence-electron chi connectivity index (χ3n) is 3.35. The molecule has 0 fully saturated rings. The zero-order valence-corrected chi connectivity index (χ0v) is 12.8. The second-order valence-electron chi connectivity index (χ2n) is 5.23. The quantitative estimate of drug-likeness (QED) is 0.671. The van der Waals surface area contributed by atoms with Crippen molar-refractivity contribution in [2.45, 2.75) is 6.92 Å². The molecule has 0 bridgehead atoms. The molecular weight excluding hydrogens is 312 g/mol. The van der Waals surface area contributed by atoms with Crippen LogP contribution in [0.4, 0.5) is 37.5 Å². The molecule has 0 saturated heterocycles. The van der Waals surface area contributed by atoms with Crippen LogP contribution in [-0.4, -0.2) is 9.97 Å². The van der Waals surface area contributed by atoms with Gasteiger partial charge in [-0.2, -0.15) is 0 Å². The molecule has 0 aliphatic rings. The van der Waals surface area contributed by atoms with Gasteiger partial charge in [-0.3, -0.25) is 0 Å². The first-order valence-corrected chi connectivity index (χ1v) is 7.19. The zero-order chi connectivity index (χ0) is 17.1. The minimum Gasteiger partial charge on any atom is -0.393 e. The molecule has 2 aromatic carbocycles. The average Bonchev–Trinajstić information content (AvgIpc) is 2.55. The number of aryl methyl sites for hydroxylation is 1. The first kappa shape index (κ1) is 15.7. The number of nitrogens with one attached hydrogen (secondary N) is 2. The topological polar surface area (TPSA) is 75.9 Å². The number of hydrogen-bond donors (Lipinski definition) is 3. The Morgan fingerprint density at radius 2 is 1.71 bits per heavy atom. The van der Waals surface area contributed by atoms with Crippen molar-refractivity contribution in [3.05, 3.63) is 66.0 Å². The van der Waals surface area contributed by atoms with Crippen LogP contribution in [-0.2, 0) is 0 Å². The largest absolute Gasteiger partial charge is 0.393 e. The maximum atomic E-state index is 13.7. The lowest BCUT2D eigenvalue weighted by Gasteiger charge is -2.13. The number of nitrogens with two attached hydrogens (primary N) is 1. The van der Waals surface area contributed by atoms with Crippen LogP contribution < -0.4 is 16.4 Å². The molecule has 0 radical (unpaired) electrons. The third kappa shape index (κ3) is 3.40. The van der Waals surface area contributed by atoms with Crippen LogP contribution in [0.3, 0.4) is 0 Å². The van der Waals surface area contributed by atoms with Crippen molar-refractivity contribution >= 4 is 28.7 Å². The summed E-state index contributed by atoms with van der Waals surface area (Å²) in [4.78, 5) is 8.08. The number of benzene rings is 2. The van der Waals surface area contributed by atoms with E-state index in [1.807, 2.05) is 31.2 Å². The summed E-state index contributed by atoms with van der Waals surface area (Å²) in [5.41, 5.74) is 8.07. The minimum absolute atomic E-state index is 0.0538. The van der Waals surface area contributed by atoms with Gasteiger partial charge in [-0.05, 0) is 36.8 Å². The molecule has 1 heterocycles. The van der Waals surface area contributed by atoms with E-state index in [4.69, 9.17) is 5.73 Å². The van der Waals surface area contributed by atoms with Crippen LogP contribution in [0.25, 0.3) is 0 Å². The van der Waals surface area contributed by atoms with Crippen molar-refractivity contribution in [3.63, 3.8) is 0 Å². The van der Waals surface area contributed by atoms with Gasteiger partial charge in [0, 0.05) is 11.8 Å². The number of halogens is 2. The first-order chi connectivity index (χ1) is 11.5. The SMILES string of the molecule is Cc1cccc(Nc2ncnc(Nc3cc(F)ccc3F)c2N)c1. The molecule has 0 unspecified atom stereocenters. The molecule has 0 atom stereocenters. The number of aromatic nitrogens is 2. The zero-order valence-electron chi connectivity index (χ0n) is 12.8. The highest BCUT2D eigenvalue weighted by atomic mass is 19.1. The highest BCUT2D eigenvalue weighted by Crippen LogP contribution is 2.29. The van der Waals surface area contributed by atoms with Crippen molar-refractivity contribution in [1.82, 2.24) is 9.97 Å². The Morgan fingerprint density at radius 3 is 2.46 bits per heavy atom. The summed E-state index contributed by atoms with van der Waals surface area (Å²) in [7, 11) is 0. The van der Waals surface area contributed by atoms with Crippen LogP contribution in [0.2, 0.25) is 0 Å². The van der Waals surface area contributed by atoms with Gasteiger partial charge in [-0.15, -0.1) is 0 Å². The van der Waals surface area contributed by atoms with Crippen molar-refractivity contribution in [1.29, 1.82) is 0 Å². The van der Waals surface area contributed by atoms with E-state index >= 15 is 0 Å². The summed E-state index contributed by atoms with van der Waals surface area (Å²) < 4.78 is 27.0. The molecule has 0 spiro atoms. The number of nitrogen functional groups attached to an aromatic ring is 1. The molecule has 4 N–H and O–H groups in total. The van der Waals surface area contributed by atoms with E-state index in [1.165, 1.54) is 6.33 Å². The van der Waals surface area contributed by atoms with Gasteiger partial charge in [0.1, 0.15) is 23.6 Å². The van der Waals surface area contributed by atoms with Crippen LogP contribution in [0, 0.1) is 18.6 Å². The number of nitrogens with zero attached hydrogens (tertiary/aromatic N) is 2. The van der Waals surface area contributed by atoms with Gasteiger partial charge < -0.3 is 16.4 Å². The predicted molar refractivity (Wildman–Crippen MR) is 90.5 cm³/mol. The summed E-state index contributed by atoms with van der Waals surface area (Å²) >= 11 is 0. The van der Waals surface area contributed by atoms with Gasteiger partial charge in [-0.1, -0.05) is 12.1 Å². The fourth-order valence-electron chi connectivity index (χ4n) is 2.18. The van der Waals surface area contributed by atoms with Gasteiger partial charge in [0.05, 0.1) is 5.69 Å². The van der Waals surface area contributed by atoms with Crippen LogP contribution >= 0.6 is 0 Å². The summed E-state index contributed by atoms with van der Waals surface area (Å²) in [5.74, 6) is -0.619. The Labute approximate surface area is 137 Å². The molecule has 122 valence electrons. The predicted octanol–water partition coefficient (Wildman–Crippen LogP) is 4.13. The Hall–Kier alpha value is -3.22. The van der Waals surface area contributed by atoms with E-state index in [0.29, 0.717) is 5.82 Å². The van der Waals surface area contributed by atoms with Gasteiger partial charge in [0.15, 0.2) is 11.6 Å². The van der Waals surface area contributed by atoms with Gasteiger partial charge in [0.25, 0.3) is 0 Å². The van der Waals surface area contributed by atoms with E-state index in [0.717, 1.165) is 29.4 Å². The fraction of sp³-hybridized carbons (Fsp3) is 0.0588. The van der Waals surface area contributed by atoms with E-state index in [1.54, 1.807) is 0 Å². The van der Waals surface area contributed by atoms with E-state index < -0.39 is 11.6 Å². The van der Waals surface area contributed by atoms with Gasteiger partial charge >= 0.3 is 0 Å². The lowest BCUT2D eigenvalue weighted by Crippen LogP contribution is -2.06. The summed E-state index contributed by atoms with van der Waals surface area (Å²) in [5, 5.41) is 5.77. The minimum atomic E-state index is -0.609. The van der Waals surface area contributed by atoms with Gasteiger partial charge in [-0.25, -0.2) is 18.7 Å². The molecule has 0 aliphatic carbocycles. The maximum absolute atomic E-state index is 13.7. The standard InChI is InChI=1S/C17H15F2N5/c1-10-3-2-4-12(7-10)23-16-15(20)17(22-9-21-16)24-14-8-11(18)5-6-13(14)19/h2-9H,20H2,1H3,(H2,21,22,23,24). The second kappa shape index (κ2) is 6.49. The molecule has 5 nitrogen and oxygen atoms in total. The lowest BCUT2D eigenvalue weighted by molar-refractivity contribution is 0.603. The molecule has 3 aromatic rings. The molecule has 3 rings (SSSR count).